The number of imidazole rings is 1. The number of halogens is 3. The first-order chi connectivity index (χ1) is 14.4. The molecule has 0 bridgehead atoms. The number of amides is 1. The summed E-state index contributed by atoms with van der Waals surface area (Å²) in [6.45, 7) is -0.141. The van der Waals surface area contributed by atoms with Gasteiger partial charge in [0.15, 0.2) is 17.5 Å². The lowest BCUT2D eigenvalue weighted by molar-refractivity contribution is 0.102. The van der Waals surface area contributed by atoms with Crippen LogP contribution in [0.1, 0.15) is 21.7 Å². The second-order valence-electron chi connectivity index (χ2n) is 6.63. The van der Waals surface area contributed by atoms with E-state index in [2.05, 4.69) is 15.3 Å². The molecule has 2 aromatic heterocycles. The number of aliphatic hydroxyl groups is 1. The van der Waals surface area contributed by atoms with Crippen LogP contribution in [-0.2, 0) is 13.2 Å². The Labute approximate surface area is 168 Å². The average Bonchev–Trinajstić information content (AvgIpc) is 3.20. The molecule has 0 spiro atoms. The highest BCUT2D eigenvalue weighted by Gasteiger charge is 2.13. The maximum atomic E-state index is 13.4. The summed E-state index contributed by atoms with van der Waals surface area (Å²) in [7, 11) is 0. The molecule has 2 heterocycles. The predicted octanol–water partition coefficient (Wildman–Crippen LogP) is 3.64. The zero-order valence-electron chi connectivity index (χ0n) is 15.4. The van der Waals surface area contributed by atoms with E-state index < -0.39 is 23.4 Å². The van der Waals surface area contributed by atoms with Gasteiger partial charge in [-0.15, -0.1) is 0 Å². The smallest absolute Gasteiger partial charge is 0.275 e. The fourth-order valence-electron chi connectivity index (χ4n) is 3.00. The minimum Gasteiger partial charge on any atom is -0.390 e. The fraction of sp³-hybridized carbons (Fsp3) is 0.0952. The molecule has 6 nitrogen and oxygen atoms in total. The number of aliphatic hydroxyl groups excluding tert-OH is 1. The molecule has 9 heteroatoms. The maximum absolute atomic E-state index is 13.4. The van der Waals surface area contributed by atoms with Crippen molar-refractivity contribution in [3.05, 3.63) is 89.4 Å². The van der Waals surface area contributed by atoms with Crippen LogP contribution >= 0.6 is 0 Å². The first kappa shape index (κ1) is 19.6. The third kappa shape index (κ3) is 4.01. The van der Waals surface area contributed by atoms with E-state index in [9.17, 15) is 18.0 Å². The van der Waals surface area contributed by atoms with Crippen LogP contribution in [0.15, 0.2) is 55.0 Å². The van der Waals surface area contributed by atoms with Gasteiger partial charge >= 0.3 is 0 Å². The normalized spacial score (nSPS) is 11.1. The summed E-state index contributed by atoms with van der Waals surface area (Å²) in [5.41, 5.74) is 2.06. The van der Waals surface area contributed by atoms with E-state index in [0.717, 1.165) is 17.5 Å². The zero-order chi connectivity index (χ0) is 21.3. The van der Waals surface area contributed by atoms with Gasteiger partial charge in [-0.1, -0.05) is 6.07 Å². The third-order valence-electron chi connectivity index (χ3n) is 4.44. The monoisotopic (exact) mass is 412 g/mol. The summed E-state index contributed by atoms with van der Waals surface area (Å²) in [6.07, 6.45) is 2.76. The fourth-order valence-corrected chi connectivity index (χ4v) is 3.00. The van der Waals surface area contributed by atoms with Gasteiger partial charge in [-0.2, -0.15) is 0 Å². The predicted molar refractivity (Wildman–Crippen MR) is 103 cm³/mol. The molecule has 0 radical (unpaired) electrons. The highest BCUT2D eigenvalue weighted by molar-refractivity contribution is 6.03. The molecule has 0 atom stereocenters. The minimum atomic E-state index is -1.53. The molecule has 0 aliphatic carbocycles. The molecule has 0 aliphatic heterocycles. The zero-order valence-corrected chi connectivity index (χ0v) is 15.4. The lowest BCUT2D eigenvalue weighted by Gasteiger charge is -2.06. The second-order valence-corrected chi connectivity index (χ2v) is 6.63. The lowest BCUT2D eigenvalue weighted by atomic mass is 10.2. The standard InChI is InChI=1S/C21H15F3N4O2/c22-16-5-12(6-17(23)20(16)24)8-28-9-19(25-11-28)21(30)27-14-3-4-18-13(7-14)1-2-15(10-29)26-18/h1-7,9,11,29H,8,10H2,(H,27,30). The molecule has 2 aromatic carbocycles. The molecule has 0 saturated carbocycles. The molecule has 0 fully saturated rings. The van der Waals surface area contributed by atoms with Crippen molar-refractivity contribution in [2.45, 2.75) is 13.2 Å². The van der Waals surface area contributed by atoms with Crippen LogP contribution in [-0.4, -0.2) is 25.5 Å². The van der Waals surface area contributed by atoms with Crippen molar-refractivity contribution >= 4 is 22.5 Å². The molecule has 4 rings (SSSR count). The third-order valence-corrected chi connectivity index (χ3v) is 4.44. The van der Waals surface area contributed by atoms with Gasteiger partial charge in [0.25, 0.3) is 5.91 Å². The van der Waals surface area contributed by atoms with Gasteiger partial charge in [-0.25, -0.2) is 18.2 Å². The molecule has 0 aliphatic rings. The Morgan fingerprint density at radius 1 is 1.07 bits per heavy atom. The van der Waals surface area contributed by atoms with E-state index in [1.54, 1.807) is 30.3 Å². The second kappa shape index (κ2) is 7.96. The molecule has 0 saturated heterocycles. The van der Waals surface area contributed by atoms with E-state index in [4.69, 9.17) is 5.11 Å². The first-order valence-corrected chi connectivity index (χ1v) is 8.90. The van der Waals surface area contributed by atoms with Crippen molar-refractivity contribution in [1.29, 1.82) is 0 Å². The number of benzene rings is 2. The highest BCUT2D eigenvalue weighted by Crippen LogP contribution is 2.19. The summed E-state index contributed by atoms with van der Waals surface area (Å²) >= 11 is 0. The van der Waals surface area contributed by atoms with Gasteiger partial charge < -0.3 is 15.0 Å². The molecular formula is C21H15F3N4O2. The number of hydrogen-bond acceptors (Lipinski definition) is 4. The Bertz CT molecular complexity index is 1230. The van der Waals surface area contributed by atoms with Crippen molar-refractivity contribution in [3.8, 4) is 0 Å². The molecule has 4 aromatic rings. The van der Waals surface area contributed by atoms with Crippen LogP contribution in [0.25, 0.3) is 10.9 Å². The number of carbonyl (C=O) groups excluding carboxylic acids is 1. The van der Waals surface area contributed by atoms with Crippen LogP contribution in [0.4, 0.5) is 18.9 Å². The van der Waals surface area contributed by atoms with Gasteiger partial charge in [0.05, 0.1) is 24.1 Å². The molecule has 1 amide bonds. The van der Waals surface area contributed by atoms with Crippen LogP contribution in [0, 0.1) is 17.5 Å². The van der Waals surface area contributed by atoms with Crippen LogP contribution in [0.3, 0.4) is 0 Å². The van der Waals surface area contributed by atoms with Crippen molar-refractivity contribution in [1.82, 2.24) is 14.5 Å². The number of carbonyl (C=O) groups is 1. The SMILES string of the molecule is O=C(Nc1ccc2nc(CO)ccc2c1)c1cn(Cc2cc(F)c(F)c(F)c2)cn1. The first-order valence-electron chi connectivity index (χ1n) is 8.90. The minimum absolute atomic E-state index is 0.0171. The van der Waals surface area contributed by atoms with Gasteiger partial charge in [-0.3, -0.25) is 9.78 Å². The maximum Gasteiger partial charge on any atom is 0.275 e. The van der Waals surface area contributed by atoms with Gasteiger partial charge in [-0.05, 0) is 42.0 Å². The Hall–Kier alpha value is -3.72. The topological polar surface area (TPSA) is 80.0 Å². The molecule has 152 valence electrons. The van der Waals surface area contributed by atoms with Crippen molar-refractivity contribution in [3.63, 3.8) is 0 Å². The van der Waals surface area contributed by atoms with E-state index >= 15 is 0 Å². The number of rotatable bonds is 5. The summed E-state index contributed by atoms with van der Waals surface area (Å²) in [4.78, 5) is 20.7. The van der Waals surface area contributed by atoms with Gasteiger partial charge in [0.2, 0.25) is 0 Å². The number of hydrogen-bond donors (Lipinski definition) is 2. The van der Waals surface area contributed by atoms with Crippen molar-refractivity contribution < 1.29 is 23.1 Å². The van der Waals surface area contributed by atoms with Crippen molar-refractivity contribution in [2.24, 2.45) is 0 Å². The largest absolute Gasteiger partial charge is 0.390 e. The van der Waals surface area contributed by atoms with Crippen LogP contribution < -0.4 is 5.32 Å². The molecule has 0 unspecified atom stereocenters. The number of pyridine rings is 1. The number of nitrogens with one attached hydrogen (secondary N) is 1. The molecule has 2 N–H and O–H groups in total. The number of aromatic nitrogens is 3. The Morgan fingerprint density at radius 2 is 1.83 bits per heavy atom. The number of nitrogens with zero attached hydrogens (tertiary/aromatic N) is 3. The number of fused-ring (bicyclic) bond motifs is 1. The summed E-state index contributed by atoms with van der Waals surface area (Å²) in [5.74, 6) is -4.55. The van der Waals surface area contributed by atoms with E-state index in [0.29, 0.717) is 16.9 Å². The van der Waals surface area contributed by atoms with Gasteiger partial charge in [0.1, 0.15) is 5.69 Å². The quantitative estimate of drug-likeness (QED) is 0.491. The number of anilines is 1. The van der Waals surface area contributed by atoms with Crippen LogP contribution in [0.5, 0.6) is 0 Å². The Morgan fingerprint density at radius 3 is 2.57 bits per heavy atom. The summed E-state index contributed by atoms with van der Waals surface area (Å²) in [5, 5.41) is 12.7. The molecular weight excluding hydrogens is 397 g/mol. The summed E-state index contributed by atoms with van der Waals surface area (Å²) in [6, 6.07) is 10.4. The highest BCUT2D eigenvalue weighted by atomic mass is 19.2. The van der Waals surface area contributed by atoms with Crippen molar-refractivity contribution in [2.75, 3.05) is 5.32 Å². The van der Waals surface area contributed by atoms with E-state index in [1.807, 2.05) is 0 Å². The Kier molecular flexibility index (Phi) is 5.20. The molecule has 30 heavy (non-hydrogen) atoms. The average molecular weight is 412 g/mol. The summed E-state index contributed by atoms with van der Waals surface area (Å²) < 4.78 is 41.2. The lowest BCUT2D eigenvalue weighted by Crippen LogP contribution is -2.12. The van der Waals surface area contributed by atoms with Crippen LogP contribution in [0.2, 0.25) is 0 Å². The van der Waals surface area contributed by atoms with E-state index in [1.165, 1.54) is 17.1 Å². The Balaban J connectivity index is 1.48. The van der Waals surface area contributed by atoms with Gasteiger partial charge in [0, 0.05) is 23.8 Å². The van der Waals surface area contributed by atoms with E-state index in [-0.39, 0.29) is 24.4 Å².